The molecule has 0 aliphatic heterocycles. The molecule has 6 nitrogen and oxygen atoms in total. The second-order valence-corrected chi connectivity index (χ2v) is 8.62. The van der Waals surface area contributed by atoms with Gasteiger partial charge in [-0.15, -0.1) is 11.3 Å². The molecular weight excluding hydrogens is 439 g/mol. The number of imidazole rings is 1. The molecular formula is C25H19FN4O2S. The van der Waals surface area contributed by atoms with Gasteiger partial charge in [0.15, 0.2) is 10.8 Å². The highest BCUT2D eigenvalue weighted by molar-refractivity contribution is 7.15. The molecule has 164 valence electrons. The van der Waals surface area contributed by atoms with E-state index >= 15 is 0 Å². The van der Waals surface area contributed by atoms with Crippen LogP contribution in [0.3, 0.4) is 0 Å². The first-order valence-electron chi connectivity index (χ1n) is 10.3. The van der Waals surface area contributed by atoms with Crippen molar-refractivity contribution in [3.05, 3.63) is 101 Å². The maximum absolute atomic E-state index is 13.5. The number of halogens is 1. The quantitative estimate of drug-likeness (QED) is 0.338. The number of amides is 1. The summed E-state index contributed by atoms with van der Waals surface area (Å²) in [5.74, 6) is 0.446. The number of aromatic nitrogens is 3. The van der Waals surface area contributed by atoms with Gasteiger partial charge in [-0.3, -0.25) is 4.79 Å². The number of nitrogens with zero attached hydrogens (tertiary/aromatic N) is 3. The Morgan fingerprint density at radius 1 is 1.09 bits per heavy atom. The SMILES string of the molecule is Cc1sc(-c2ccco2)nc1C(=O)Nc1c(-c2ccc(F)cc2)ncn1Cc1ccccc1. The lowest BCUT2D eigenvalue weighted by Crippen LogP contribution is -2.17. The Bertz CT molecular complexity index is 1390. The summed E-state index contributed by atoms with van der Waals surface area (Å²) in [5.41, 5.74) is 2.63. The van der Waals surface area contributed by atoms with Crippen molar-refractivity contribution in [3.8, 4) is 22.0 Å². The van der Waals surface area contributed by atoms with Gasteiger partial charge >= 0.3 is 0 Å². The maximum Gasteiger partial charge on any atom is 0.276 e. The van der Waals surface area contributed by atoms with E-state index in [0.29, 0.717) is 40.1 Å². The van der Waals surface area contributed by atoms with E-state index in [1.165, 1.54) is 23.5 Å². The Balaban J connectivity index is 1.51. The fraction of sp³-hybridized carbons (Fsp3) is 0.0800. The standard InChI is InChI=1S/C25H19FN4O2S/c1-16-21(28-25(33-16)20-8-5-13-32-20)24(31)29-23-22(18-9-11-19(26)12-10-18)27-15-30(23)14-17-6-3-2-4-7-17/h2-13,15H,14H2,1H3,(H,29,31). The highest BCUT2D eigenvalue weighted by atomic mass is 32.1. The molecule has 33 heavy (non-hydrogen) atoms. The summed E-state index contributed by atoms with van der Waals surface area (Å²) < 4.78 is 20.8. The smallest absolute Gasteiger partial charge is 0.276 e. The molecule has 3 heterocycles. The van der Waals surface area contributed by atoms with E-state index in [4.69, 9.17) is 4.42 Å². The third-order valence-corrected chi connectivity index (χ3v) is 6.11. The molecule has 1 N–H and O–H groups in total. The first-order chi connectivity index (χ1) is 16.1. The Morgan fingerprint density at radius 2 is 1.88 bits per heavy atom. The number of hydrogen-bond donors (Lipinski definition) is 1. The third kappa shape index (κ3) is 4.33. The van der Waals surface area contributed by atoms with Crippen molar-refractivity contribution in [3.63, 3.8) is 0 Å². The number of furan rings is 1. The lowest BCUT2D eigenvalue weighted by atomic mass is 10.1. The molecule has 0 radical (unpaired) electrons. The lowest BCUT2D eigenvalue weighted by Gasteiger charge is -2.12. The van der Waals surface area contributed by atoms with Gasteiger partial charge in [0.05, 0.1) is 19.1 Å². The first kappa shape index (κ1) is 20.8. The lowest BCUT2D eigenvalue weighted by molar-refractivity contribution is 0.102. The second kappa shape index (κ2) is 8.84. The van der Waals surface area contributed by atoms with E-state index in [1.807, 2.05) is 47.9 Å². The van der Waals surface area contributed by atoms with Crippen molar-refractivity contribution in [1.82, 2.24) is 14.5 Å². The molecule has 0 aliphatic carbocycles. The van der Waals surface area contributed by atoms with Crippen LogP contribution in [0, 0.1) is 12.7 Å². The maximum atomic E-state index is 13.5. The van der Waals surface area contributed by atoms with Gasteiger partial charge < -0.3 is 14.3 Å². The zero-order valence-corrected chi connectivity index (χ0v) is 18.5. The minimum atomic E-state index is -0.347. The van der Waals surface area contributed by atoms with Crippen molar-refractivity contribution in [2.24, 2.45) is 0 Å². The topological polar surface area (TPSA) is 73.0 Å². The van der Waals surface area contributed by atoms with Crippen LogP contribution in [-0.2, 0) is 6.54 Å². The van der Waals surface area contributed by atoms with Crippen LogP contribution in [0.5, 0.6) is 0 Å². The summed E-state index contributed by atoms with van der Waals surface area (Å²) in [7, 11) is 0. The number of aryl methyl sites for hydroxylation is 1. The van der Waals surface area contributed by atoms with E-state index in [0.717, 1.165) is 10.4 Å². The molecule has 0 fully saturated rings. The van der Waals surface area contributed by atoms with Crippen LogP contribution in [0.1, 0.15) is 20.9 Å². The summed E-state index contributed by atoms with van der Waals surface area (Å²) in [6.07, 6.45) is 3.24. The molecule has 0 aliphatic rings. The van der Waals surface area contributed by atoms with Crippen LogP contribution < -0.4 is 5.32 Å². The van der Waals surface area contributed by atoms with E-state index in [1.54, 1.807) is 30.8 Å². The highest BCUT2D eigenvalue weighted by Gasteiger charge is 2.22. The van der Waals surface area contributed by atoms with E-state index in [9.17, 15) is 9.18 Å². The van der Waals surface area contributed by atoms with Gasteiger partial charge in [-0.05, 0) is 48.9 Å². The monoisotopic (exact) mass is 458 g/mol. The zero-order valence-electron chi connectivity index (χ0n) is 17.7. The molecule has 0 spiro atoms. The Kier molecular flexibility index (Phi) is 5.58. The van der Waals surface area contributed by atoms with Crippen LogP contribution in [0.2, 0.25) is 0 Å². The fourth-order valence-electron chi connectivity index (χ4n) is 3.51. The highest BCUT2D eigenvalue weighted by Crippen LogP contribution is 2.31. The van der Waals surface area contributed by atoms with Crippen LogP contribution in [0.4, 0.5) is 10.2 Å². The van der Waals surface area contributed by atoms with Gasteiger partial charge in [0.1, 0.15) is 23.0 Å². The summed E-state index contributed by atoms with van der Waals surface area (Å²) in [6, 6.07) is 19.5. The van der Waals surface area contributed by atoms with Gasteiger partial charge in [-0.1, -0.05) is 30.3 Å². The van der Waals surface area contributed by atoms with Gasteiger partial charge in [0.2, 0.25) is 0 Å². The molecule has 2 aromatic carbocycles. The molecule has 8 heteroatoms. The molecule has 0 unspecified atom stereocenters. The van der Waals surface area contributed by atoms with Gasteiger partial charge in [-0.25, -0.2) is 14.4 Å². The fourth-order valence-corrected chi connectivity index (χ4v) is 4.39. The number of nitrogens with one attached hydrogen (secondary N) is 1. The Hall–Kier alpha value is -4.04. The van der Waals surface area contributed by atoms with Gasteiger partial charge in [-0.2, -0.15) is 0 Å². The summed E-state index contributed by atoms with van der Waals surface area (Å²) in [5, 5.41) is 3.63. The van der Waals surface area contributed by atoms with Crippen LogP contribution in [-0.4, -0.2) is 20.4 Å². The zero-order chi connectivity index (χ0) is 22.8. The minimum Gasteiger partial charge on any atom is -0.462 e. The molecule has 0 saturated heterocycles. The Labute approximate surface area is 193 Å². The molecule has 5 aromatic rings. The van der Waals surface area contributed by atoms with Crippen LogP contribution in [0.25, 0.3) is 22.0 Å². The van der Waals surface area contributed by atoms with E-state index < -0.39 is 0 Å². The largest absolute Gasteiger partial charge is 0.462 e. The number of benzene rings is 2. The van der Waals surface area contributed by atoms with E-state index in [2.05, 4.69) is 15.3 Å². The van der Waals surface area contributed by atoms with Crippen molar-refractivity contribution >= 4 is 23.1 Å². The Morgan fingerprint density at radius 3 is 2.61 bits per heavy atom. The molecule has 0 bridgehead atoms. The van der Waals surface area contributed by atoms with Crippen LogP contribution in [0.15, 0.2) is 83.7 Å². The number of anilines is 1. The van der Waals surface area contributed by atoms with Crippen molar-refractivity contribution in [2.75, 3.05) is 5.32 Å². The van der Waals surface area contributed by atoms with Crippen molar-refractivity contribution in [1.29, 1.82) is 0 Å². The summed E-state index contributed by atoms with van der Waals surface area (Å²) in [4.78, 5) is 23.0. The van der Waals surface area contributed by atoms with Gasteiger partial charge in [0, 0.05) is 10.4 Å². The molecule has 0 atom stereocenters. The predicted octanol–water partition coefficient (Wildman–Crippen LogP) is 6.01. The first-order valence-corrected chi connectivity index (χ1v) is 11.1. The van der Waals surface area contributed by atoms with Gasteiger partial charge in [0.25, 0.3) is 5.91 Å². The number of thiazole rings is 1. The van der Waals surface area contributed by atoms with Crippen molar-refractivity contribution in [2.45, 2.75) is 13.5 Å². The number of carbonyl (C=O) groups is 1. The second-order valence-electron chi connectivity index (χ2n) is 7.42. The van der Waals surface area contributed by atoms with Crippen LogP contribution >= 0.6 is 11.3 Å². The average Bonchev–Trinajstić information content (AvgIpc) is 3.56. The number of carbonyl (C=O) groups excluding carboxylic acids is 1. The number of rotatable bonds is 6. The number of hydrogen-bond acceptors (Lipinski definition) is 5. The van der Waals surface area contributed by atoms with E-state index in [-0.39, 0.29) is 11.7 Å². The minimum absolute atomic E-state index is 0.323. The predicted molar refractivity (Wildman–Crippen MR) is 126 cm³/mol. The molecule has 0 saturated carbocycles. The molecule has 5 rings (SSSR count). The molecule has 3 aromatic heterocycles. The average molecular weight is 459 g/mol. The summed E-state index contributed by atoms with van der Waals surface area (Å²) >= 11 is 1.39. The normalized spacial score (nSPS) is 11.0. The summed E-state index contributed by atoms with van der Waals surface area (Å²) in [6.45, 7) is 2.36. The molecule has 1 amide bonds. The van der Waals surface area contributed by atoms with Crippen molar-refractivity contribution < 1.29 is 13.6 Å². The third-order valence-electron chi connectivity index (χ3n) is 5.13.